The number of H-pyrrole nitrogens is 1. The van der Waals surface area contributed by atoms with Crippen molar-refractivity contribution in [2.24, 2.45) is 29.6 Å². The standard InChI is InChI=1S/C67H68N2O12/c1-77-60-42-17-14-35-22-34-7-3-10-39(34)53-51(35)54(42)56-59(73)55(53)48(71)28-69-27-45-32(6-2-11-40(45)63(69)74)8-5-21-78-62-58(72)50-29-79-49(19-18-43(60)61(56)81-64(80-50)67(62,76)31-70)44-26-68-47-24-36-23-38-15-12-33-13-16-41(52(44)47)57(36)66(38)30-65(75)20-4-9-37(65)25-46(33)66/h2,6,11,18-19,22,24,26,33-34,37-39,46,49-50,58,62,64,68,70,72-73,75-76H,3-4,7-10,12-17,20,23,25,27-31H2,1H3/b19-18+/t33-,34-,37-,38+,39+,46+,49+,50+,58+,62-,64+,65-,66-,67+/m0/s1. The van der Waals surface area contributed by atoms with Crippen LogP contribution in [0.15, 0.2) is 42.6 Å². The van der Waals surface area contributed by atoms with Crippen LogP contribution in [-0.4, -0.2) is 110 Å². The van der Waals surface area contributed by atoms with E-state index in [0.717, 1.165) is 120 Å². The third kappa shape index (κ3) is 6.57. The summed E-state index contributed by atoms with van der Waals surface area (Å²) in [6.07, 6.45) is 18.4. The number of rotatable bonds is 3. The van der Waals surface area contributed by atoms with Crippen molar-refractivity contribution in [2.75, 3.05) is 26.9 Å². The average Bonchev–Trinajstić information content (AvgIpc) is 2.21. The summed E-state index contributed by atoms with van der Waals surface area (Å²) < 4.78 is 33.8. The first kappa shape index (κ1) is 49.4. The summed E-state index contributed by atoms with van der Waals surface area (Å²) in [6, 6.07) is 7.80. The third-order valence-corrected chi connectivity index (χ3v) is 23.0. The molecule has 17 rings (SSSR count). The molecule has 8 aliphatic carbocycles. The van der Waals surface area contributed by atoms with Crippen molar-refractivity contribution in [1.82, 2.24) is 9.88 Å². The zero-order valence-electron chi connectivity index (χ0n) is 45.7. The predicted molar refractivity (Wildman–Crippen MR) is 299 cm³/mol. The Kier molecular flexibility index (Phi) is 10.6. The van der Waals surface area contributed by atoms with Gasteiger partial charge in [0.25, 0.3) is 5.91 Å². The van der Waals surface area contributed by atoms with Gasteiger partial charge in [-0.3, -0.25) is 9.59 Å². The van der Waals surface area contributed by atoms with Crippen LogP contribution in [0, 0.1) is 41.6 Å². The van der Waals surface area contributed by atoms with Crippen LogP contribution in [0.25, 0.3) is 33.3 Å². The van der Waals surface area contributed by atoms with Crippen LogP contribution in [0.2, 0.25) is 0 Å². The maximum Gasteiger partial charge on any atom is 0.254 e. The van der Waals surface area contributed by atoms with E-state index in [-0.39, 0.29) is 71.7 Å². The summed E-state index contributed by atoms with van der Waals surface area (Å²) >= 11 is 0. The number of aromatic amines is 1. The van der Waals surface area contributed by atoms with E-state index in [1.54, 1.807) is 24.1 Å². The summed E-state index contributed by atoms with van der Waals surface area (Å²) in [5.74, 6) is 4.62. The van der Waals surface area contributed by atoms with E-state index in [0.29, 0.717) is 58.8 Å². The van der Waals surface area contributed by atoms with Gasteiger partial charge in [-0.15, -0.1) is 0 Å². The van der Waals surface area contributed by atoms with E-state index in [1.807, 2.05) is 24.4 Å². The molecule has 4 aromatic carbocycles. The number of fused-ring (bicyclic) bond motifs is 10. The molecule has 1 amide bonds. The molecule has 1 spiro atoms. The number of aliphatic hydroxyl groups excluding tert-OH is 2. The molecule has 4 saturated carbocycles. The Morgan fingerprint density at radius 1 is 0.938 bits per heavy atom. The number of carbonyl (C=O) groups is 2. The molecule has 4 aliphatic heterocycles. The number of phenolic OH excluding ortho intramolecular Hbond substituents is 1. The third-order valence-electron chi connectivity index (χ3n) is 23.0. The van der Waals surface area contributed by atoms with Crippen molar-refractivity contribution >= 4 is 45.0 Å². The molecule has 12 aliphatic rings. The monoisotopic (exact) mass is 1090 g/mol. The first-order valence-corrected chi connectivity index (χ1v) is 30.2. The number of allylic oxidation sites excluding steroid dienone is 2. The molecule has 1 aromatic heterocycles. The quantitative estimate of drug-likeness (QED) is 0.0941. The minimum atomic E-state index is -2.47. The lowest BCUT2D eigenvalue weighted by Gasteiger charge is -2.58. The number of methoxy groups -OCH3 is 1. The molecule has 0 radical (unpaired) electrons. The zero-order valence-corrected chi connectivity index (χ0v) is 45.7. The summed E-state index contributed by atoms with van der Waals surface area (Å²) in [4.78, 5) is 35.2. The average molecular weight is 1090 g/mol. The molecule has 5 heterocycles. The van der Waals surface area contributed by atoms with Crippen LogP contribution in [0.3, 0.4) is 0 Å². The minimum Gasteiger partial charge on any atom is -0.506 e. The molecule has 1 saturated heterocycles. The smallest absolute Gasteiger partial charge is 0.254 e. The number of phenols is 1. The number of aromatic nitrogens is 1. The molecule has 5 fully saturated rings. The summed E-state index contributed by atoms with van der Waals surface area (Å²) in [5.41, 5.74) is 8.98. The fourth-order valence-corrected chi connectivity index (χ4v) is 19.6. The van der Waals surface area contributed by atoms with Gasteiger partial charge >= 0.3 is 0 Å². The lowest BCUT2D eigenvalue weighted by Crippen LogP contribution is -2.70. The number of hydrogen-bond donors (Lipinski definition) is 6. The number of Topliss-reactive ketones (excluding diaryl/α,β-unsaturated/α-hetero) is 1. The van der Waals surface area contributed by atoms with Crippen LogP contribution in [-0.2, 0) is 51.9 Å². The van der Waals surface area contributed by atoms with Gasteiger partial charge in [0.15, 0.2) is 17.5 Å². The first-order chi connectivity index (χ1) is 39.4. The maximum absolute atomic E-state index is 15.6. The molecule has 6 N–H and O–H groups in total. The van der Waals surface area contributed by atoms with E-state index in [2.05, 4.69) is 29.2 Å². The topological polar surface area (TPSA) is 200 Å². The number of ether oxygens (including phenoxy) is 5. The number of nitrogens with one attached hydrogen (secondary N) is 1. The lowest BCUT2D eigenvalue weighted by atomic mass is 9.47. The number of carbonyl (C=O) groups excluding carboxylic acids is 2. The Bertz CT molecular complexity index is 3770. The van der Waals surface area contributed by atoms with Crippen LogP contribution < -0.4 is 9.47 Å². The fraction of sp³-hybridized carbons (Fsp3) is 0.522. The van der Waals surface area contributed by atoms with E-state index >= 15 is 4.79 Å². The number of benzene rings is 4. The van der Waals surface area contributed by atoms with E-state index < -0.39 is 54.3 Å². The van der Waals surface area contributed by atoms with Crippen molar-refractivity contribution in [3.05, 3.63) is 109 Å². The highest BCUT2D eigenvalue weighted by Crippen LogP contribution is 2.69. The van der Waals surface area contributed by atoms with Crippen molar-refractivity contribution in [3.63, 3.8) is 0 Å². The number of aromatic hydroxyl groups is 1. The SMILES string of the molecule is COc1c2c3c4c(O)c(c5c6c4c1CCC6=C[C@@H]1CCC[C@@H]51)C(=O)CN1Cc4c(cccc4C1=O)CC#CO[C@H]1[C@H](O)[C@@H](CO[C@@H](c4c[nH]c5cc6c7c(c45)CC[C@@H]4CC[C@H](C6)[C@]75C[C@@]6(O)CCC[C@H]6C[C@H]45)/C=C/2)O[C@H](O3)[C@@]1(O)CO. The van der Waals surface area contributed by atoms with Crippen LogP contribution >= 0.6 is 0 Å². The minimum absolute atomic E-state index is 0.0335. The molecular formula is C67H68N2O12. The highest BCUT2D eigenvalue weighted by atomic mass is 16.7. The van der Waals surface area contributed by atoms with Crippen molar-refractivity contribution in [1.29, 1.82) is 0 Å². The van der Waals surface area contributed by atoms with Gasteiger partial charge in [0.2, 0.25) is 6.29 Å². The first-order valence-electron chi connectivity index (χ1n) is 30.2. The van der Waals surface area contributed by atoms with Crippen LogP contribution in [0.5, 0.6) is 17.2 Å². The predicted octanol–water partition coefficient (Wildman–Crippen LogP) is 8.68. The Balaban J connectivity index is 0.905. The number of amides is 1. The molecule has 10 bridgehead atoms. The van der Waals surface area contributed by atoms with Crippen LogP contribution in [0.1, 0.15) is 165 Å². The Hall–Kier alpha value is -6.18. The Morgan fingerprint density at radius 2 is 1.84 bits per heavy atom. The largest absolute Gasteiger partial charge is 0.506 e. The number of ketones is 1. The summed E-state index contributed by atoms with van der Waals surface area (Å²) in [6.45, 7) is -1.33. The van der Waals surface area contributed by atoms with Gasteiger partial charge < -0.3 is 59.1 Å². The normalized spacial score (nSPS) is 36.7. The van der Waals surface area contributed by atoms with Crippen LogP contribution in [0.4, 0.5) is 0 Å². The number of nitrogens with zero attached hydrogens (tertiary/aromatic N) is 1. The van der Waals surface area contributed by atoms with E-state index in [4.69, 9.17) is 23.7 Å². The molecular weight excluding hydrogens is 1020 g/mol. The molecule has 14 nitrogen and oxygen atoms in total. The highest BCUT2D eigenvalue weighted by Gasteiger charge is 2.66. The van der Waals surface area contributed by atoms with Gasteiger partial charge in [0.05, 0.1) is 49.0 Å². The molecule has 0 unspecified atom stereocenters. The molecule has 418 valence electrons. The highest BCUT2D eigenvalue weighted by molar-refractivity contribution is 6.17. The van der Waals surface area contributed by atoms with E-state index in [9.17, 15) is 30.3 Å². The lowest BCUT2D eigenvalue weighted by molar-refractivity contribution is -0.328. The zero-order chi connectivity index (χ0) is 54.6. The molecule has 5 aromatic rings. The van der Waals surface area contributed by atoms with Gasteiger partial charge in [0.1, 0.15) is 41.7 Å². The Labute approximate surface area is 469 Å². The summed E-state index contributed by atoms with van der Waals surface area (Å²) in [5, 5.41) is 65.0. The van der Waals surface area contributed by atoms with Crippen molar-refractivity contribution in [2.45, 2.75) is 163 Å². The molecule has 14 heteroatoms. The van der Waals surface area contributed by atoms with Gasteiger partial charge in [-0.25, -0.2) is 0 Å². The second-order valence-corrected chi connectivity index (χ2v) is 26.4. The number of hydrogen-bond acceptors (Lipinski definition) is 12. The van der Waals surface area contributed by atoms with Gasteiger partial charge in [-0.2, -0.15) is 0 Å². The fourth-order valence-electron chi connectivity index (χ4n) is 19.6. The maximum atomic E-state index is 15.6. The Morgan fingerprint density at radius 3 is 2.72 bits per heavy atom. The van der Waals surface area contributed by atoms with Gasteiger partial charge in [-0.05, 0) is 182 Å². The number of aliphatic hydroxyl groups is 4. The summed E-state index contributed by atoms with van der Waals surface area (Å²) in [7, 11) is 1.61. The second kappa shape index (κ2) is 17.4. The van der Waals surface area contributed by atoms with E-state index in [1.165, 1.54) is 29.5 Å². The number of aryl methyl sites for hydroxylation is 2. The van der Waals surface area contributed by atoms with Crippen molar-refractivity contribution < 1.29 is 58.8 Å². The van der Waals surface area contributed by atoms with Crippen molar-refractivity contribution in [3.8, 4) is 29.3 Å². The van der Waals surface area contributed by atoms with Gasteiger partial charge in [0, 0.05) is 57.6 Å². The molecule has 81 heavy (non-hydrogen) atoms. The second-order valence-electron chi connectivity index (χ2n) is 26.4. The van der Waals surface area contributed by atoms with Gasteiger partial charge in [-0.1, -0.05) is 43.0 Å². The molecule has 14 atom stereocenters.